The van der Waals surface area contributed by atoms with Crippen LogP contribution in [0.4, 0.5) is 15.0 Å². The maximum Gasteiger partial charge on any atom is 0.412 e. The van der Waals surface area contributed by atoms with Crippen LogP contribution in [0.15, 0.2) is 54.7 Å². The molecule has 0 radical (unpaired) electrons. The minimum Gasteiger partial charge on any atom is -0.447 e. The van der Waals surface area contributed by atoms with Crippen LogP contribution in [-0.2, 0) is 20.9 Å². The number of hydrazine groups is 1. The molecule has 1 aromatic heterocycles. The number of carbonyl (C=O) groups excluding carboxylic acids is 3. The van der Waals surface area contributed by atoms with Crippen LogP contribution in [0.2, 0.25) is 5.02 Å². The molecule has 0 aliphatic heterocycles. The molecule has 0 aliphatic rings. The Labute approximate surface area is 230 Å². The van der Waals surface area contributed by atoms with Gasteiger partial charge in [0.15, 0.2) is 0 Å². The van der Waals surface area contributed by atoms with E-state index < -0.39 is 30.0 Å². The molecular formula is C27H31ClFN5O5. The van der Waals surface area contributed by atoms with Gasteiger partial charge in [-0.3, -0.25) is 19.9 Å². The van der Waals surface area contributed by atoms with Crippen molar-refractivity contribution in [3.05, 3.63) is 71.1 Å². The third-order valence-electron chi connectivity index (χ3n) is 5.74. The van der Waals surface area contributed by atoms with Crippen LogP contribution < -0.4 is 16.1 Å². The van der Waals surface area contributed by atoms with Gasteiger partial charge in [-0.15, -0.1) is 0 Å². The number of amides is 3. The number of carbonyl (C=O) groups is 3. The van der Waals surface area contributed by atoms with Gasteiger partial charge in [-0.1, -0.05) is 48.0 Å². The maximum atomic E-state index is 13.9. The highest BCUT2D eigenvalue weighted by Crippen LogP contribution is 2.20. The Morgan fingerprint density at radius 3 is 2.62 bits per heavy atom. The molecule has 10 nitrogen and oxygen atoms in total. The Morgan fingerprint density at radius 2 is 1.90 bits per heavy atom. The lowest BCUT2D eigenvalue weighted by molar-refractivity contribution is -0.137. The summed E-state index contributed by atoms with van der Waals surface area (Å²) in [5.41, 5.74) is 3.32. The first-order valence-electron chi connectivity index (χ1n) is 12.3. The zero-order valence-corrected chi connectivity index (χ0v) is 22.4. The summed E-state index contributed by atoms with van der Waals surface area (Å²) in [7, 11) is 0. The summed E-state index contributed by atoms with van der Waals surface area (Å²) in [6.45, 7) is 2.67. The highest BCUT2D eigenvalue weighted by atomic mass is 35.5. The number of hydrogen-bond acceptors (Lipinski definition) is 7. The van der Waals surface area contributed by atoms with Crippen molar-refractivity contribution >= 4 is 46.1 Å². The van der Waals surface area contributed by atoms with Crippen LogP contribution in [0.5, 0.6) is 0 Å². The van der Waals surface area contributed by atoms with Gasteiger partial charge >= 0.3 is 6.09 Å². The predicted octanol–water partition coefficient (Wildman–Crippen LogP) is 3.77. The van der Waals surface area contributed by atoms with E-state index in [1.807, 2.05) is 24.3 Å². The molecule has 0 spiro atoms. The zero-order chi connectivity index (χ0) is 28.4. The van der Waals surface area contributed by atoms with Crippen molar-refractivity contribution in [3.63, 3.8) is 0 Å². The number of rotatable bonds is 12. The summed E-state index contributed by atoms with van der Waals surface area (Å²) in [5, 5.41) is 17.5. The fraction of sp³-hybridized carbons (Fsp3) is 0.333. The molecule has 4 N–H and O–H groups in total. The molecule has 2 aromatic carbocycles. The van der Waals surface area contributed by atoms with Gasteiger partial charge in [0, 0.05) is 38.0 Å². The third kappa shape index (κ3) is 9.17. The smallest absolute Gasteiger partial charge is 0.412 e. The fourth-order valence-corrected chi connectivity index (χ4v) is 3.94. The topological polar surface area (TPSA) is 133 Å². The summed E-state index contributed by atoms with van der Waals surface area (Å²) in [4.78, 5) is 41.6. The molecule has 1 heterocycles. The monoisotopic (exact) mass is 559 g/mol. The molecule has 0 saturated carbocycles. The molecule has 39 heavy (non-hydrogen) atoms. The minimum absolute atomic E-state index is 0.00804. The van der Waals surface area contributed by atoms with E-state index in [1.54, 1.807) is 25.3 Å². The van der Waals surface area contributed by atoms with Gasteiger partial charge in [-0.2, -0.15) is 0 Å². The van der Waals surface area contributed by atoms with Crippen LogP contribution in [0.25, 0.3) is 10.8 Å². The van der Waals surface area contributed by atoms with Gasteiger partial charge in [-0.05, 0) is 36.4 Å². The summed E-state index contributed by atoms with van der Waals surface area (Å²) in [6, 6.07) is 12.8. The van der Waals surface area contributed by atoms with Crippen molar-refractivity contribution in [3.8, 4) is 0 Å². The zero-order valence-electron chi connectivity index (χ0n) is 21.6. The summed E-state index contributed by atoms with van der Waals surface area (Å²) >= 11 is 6.04. The van der Waals surface area contributed by atoms with E-state index in [2.05, 4.69) is 21.0 Å². The quantitative estimate of drug-likeness (QED) is 0.248. The summed E-state index contributed by atoms with van der Waals surface area (Å²) in [6.07, 6.45) is 0.223. The van der Waals surface area contributed by atoms with E-state index in [9.17, 15) is 23.9 Å². The van der Waals surface area contributed by atoms with Crippen molar-refractivity contribution in [1.29, 1.82) is 0 Å². The average Bonchev–Trinajstić information content (AvgIpc) is 2.90. The SMILES string of the molecule is CC(=O)N(NCc1cccc(F)c1Cl)C(CCC(=O)NC[C@H](C)O)COC(=O)Nc1cc2ccccc2cn1. The van der Waals surface area contributed by atoms with Crippen molar-refractivity contribution in [2.45, 2.75) is 45.4 Å². The molecule has 12 heteroatoms. The van der Waals surface area contributed by atoms with E-state index in [-0.39, 0.29) is 49.3 Å². The molecule has 208 valence electrons. The van der Waals surface area contributed by atoms with Gasteiger partial charge in [0.1, 0.15) is 18.2 Å². The highest BCUT2D eigenvalue weighted by molar-refractivity contribution is 6.31. The first-order valence-corrected chi connectivity index (χ1v) is 12.7. The van der Waals surface area contributed by atoms with Crippen molar-refractivity contribution in [1.82, 2.24) is 20.7 Å². The largest absolute Gasteiger partial charge is 0.447 e. The standard InChI is InChI=1S/C27H31ClFN5O5/c1-17(35)13-31-25(37)11-10-22(34(18(2)36)32-15-21-8-5-9-23(29)26(21)28)16-39-27(38)33-24-12-19-6-3-4-7-20(19)14-30-24/h3-9,12,14,17,22,32,35H,10-11,13,15-16H2,1-2H3,(H,31,37)(H,30,33,38)/t17-,22?/m0/s1. The Morgan fingerprint density at radius 1 is 1.15 bits per heavy atom. The van der Waals surface area contributed by atoms with E-state index >= 15 is 0 Å². The number of hydrogen-bond donors (Lipinski definition) is 4. The third-order valence-corrected chi connectivity index (χ3v) is 6.17. The molecule has 3 aromatic rings. The Kier molecular flexibility index (Phi) is 11.0. The number of halogens is 2. The predicted molar refractivity (Wildman–Crippen MR) is 145 cm³/mol. The Balaban J connectivity index is 1.68. The number of aliphatic hydroxyl groups is 1. The number of anilines is 1. The summed E-state index contributed by atoms with van der Waals surface area (Å²) in [5.74, 6) is -1.08. The van der Waals surface area contributed by atoms with Crippen molar-refractivity contribution < 1.29 is 28.6 Å². The lowest BCUT2D eigenvalue weighted by Gasteiger charge is -2.31. The molecule has 0 aliphatic carbocycles. The Hall–Kier alpha value is -3.80. The van der Waals surface area contributed by atoms with Gasteiger partial charge in [0.05, 0.1) is 17.2 Å². The molecule has 3 rings (SSSR count). The van der Waals surface area contributed by atoms with Crippen molar-refractivity contribution in [2.24, 2.45) is 0 Å². The van der Waals surface area contributed by atoms with E-state index in [4.69, 9.17) is 16.3 Å². The minimum atomic E-state index is -0.794. The second kappa shape index (κ2) is 14.4. The molecule has 1 unspecified atom stereocenters. The number of nitrogens with one attached hydrogen (secondary N) is 3. The van der Waals surface area contributed by atoms with Crippen LogP contribution in [-0.4, -0.2) is 58.3 Å². The fourth-order valence-electron chi connectivity index (χ4n) is 3.75. The van der Waals surface area contributed by atoms with E-state index in [0.717, 1.165) is 10.8 Å². The number of nitrogens with zero attached hydrogens (tertiary/aromatic N) is 2. The summed E-state index contributed by atoms with van der Waals surface area (Å²) < 4.78 is 19.3. The number of aromatic nitrogens is 1. The first kappa shape index (κ1) is 29.8. The molecule has 3 amide bonds. The number of aliphatic hydroxyl groups excluding tert-OH is 1. The second-order valence-corrected chi connectivity index (χ2v) is 9.30. The molecule has 0 saturated heterocycles. The van der Waals surface area contributed by atoms with Crippen LogP contribution in [0.3, 0.4) is 0 Å². The van der Waals surface area contributed by atoms with Crippen molar-refractivity contribution in [2.75, 3.05) is 18.5 Å². The van der Waals surface area contributed by atoms with Crippen LogP contribution in [0, 0.1) is 5.82 Å². The van der Waals surface area contributed by atoms with Crippen LogP contribution >= 0.6 is 11.6 Å². The van der Waals surface area contributed by atoms with Gasteiger partial charge in [0.25, 0.3) is 0 Å². The normalized spacial score (nSPS) is 12.4. The van der Waals surface area contributed by atoms with E-state index in [0.29, 0.717) is 5.56 Å². The average molecular weight is 560 g/mol. The molecule has 2 atom stereocenters. The van der Waals surface area contributed by atoms with Gasteiger partial charge < -0.3 is 15.2 Å². The number of benzene rings is 2. The molecular weight excluding hydrogens is 529 g/mol. The van der Waals surface area contributed by atoms with Gasteiger partial charge in [0.2, 0.25) is 11.8 Å². The van der Waals surface area contributed by atoms with Crippen LogP contribution in [0.1, 0.15) is 32.3 Å². The second-order valence-electron chi connectivity index (χ2n) is 8.92. The number of pyridine rings is 1. The molecule has 0 fully saturated rings. The Bertz CT molecular complexity index is 1310. The van der Waals surface area contributed by atoms with E-state index in [1.165, 1.54) is 24.1 Å². The number of fused-ring (bicyclic) bond motifs is 1. The molecule has 0 bridgehead atoms. The first-order chi connectivity index (χ1) is 18.6. The lowest BCUT2D eigenvalue weighted by Crippen LogP contribution is -2.51. The van der Waals surface area contributed by atoms with Gasteiger partial charge in [-0.25, -0.2) is 19.6 Å². The number of ether oxygens (including phenoxy) is 1. The lowest BCUT2D eigenvalue weighted by atomic mass is 10.1. The highest BCUT2D eigenvalue weighted by Gasteiger charge is 2.24. The maximum absolute atomic E-state index is 13.9.